The molecule has 160 valence electrons. The highest BCUT2D eigenvalue weighted by Crippen LogP contribution is 2.55. The third kappa shape index (κ3) is 3.67. The summed E-state index contributed by atoms with van der Waals surface area (Å²) in [6, 6.07) is 9.24. The number of urea groups is 1. The van der Waals surface area contributed by atoms with E-state index in [1.165, 1.54) is 6.07 Å². The molecule has 1 aliphatic carbocycles. The van der Waals surface area contributed by atoms with Gasteiger partial charge in [-0.1, -0.05) is 0 Å². The maximum Gasteiger partial charge on any atom is 0.316 e. The number of nitrogens with one attached hydrogen (secondary N) is 1. The highest BCUT2D eigenvalue weighted by molar-refractivity contribution is 7.92. The van der Waals surface area contributed by atoms with E-state index in [9.17, 15) is 22.0 Å². The van der Waals surface area contributed by atoms with Crippen LogP contribution in [0.5, 0.6) is 0 Å². The van der Waals surface area contributed by atoms with Gasteiger partial charge in [0.25, 0.3) is 0 Å². The number of carbonyl (C=O) groups is 1. The largest absolute Gasteiger partial charge is 0.384 e. The number of nitrogens with two attached hydrogens (primary N) is 2. The van der Waals surface area contributed by atoms with Gasteiger partial charge in [0.15, 0.2) is 15.7 Å². The zero-order valence-corrected chi connectivity index (χ0v) is 16.8. The van der Waals surface area contributed by atoms with Gasteiger partial charge in [0.05, 0.1) is 5.69 Å². The van der Waals surface area contributed by atoms with Crippen molar-refractivity contribution in [2.45, 2.75) is 22.5 Å². The molecule has 2 amide bonds. The standard InChI is InChI=1S/C20H17F2N5O3S/c21-12-3-6-14(22)15(9-12)31(29,30)20(7-8-20)16-10-17(23)27-18(26-16)11-1-4-13(5-2-11)25-19(24)28/h1-6,9-10H,7-8H2,(H2,23,26,27)(H3,24,25,28). The van der Waals surface area contributed by atoms with Gasteiger partial charge in [-0.05, 0) is 55.3 Å². The predicted molar refractivity (Wildman–Crippen MR) is 110 cm³/mol. The molecule has 1 fully saturated rings. The molecule has 8 nitrogen and oxygen atoms in total. The van der Waals surface area contributed by atoms with Crippen LogP contribution in [-0.2, 0) is 14.6 Å². The number of amides is 2. The highest BCUT2D eigenvalue weighted by atomic mass is 32.2. The van der Waals surface area contributed by atoms with E-state index in [2.05, 4.69) is 15.3 Å². The van der Waals surface area contributed by atoms with Crippen LogP contribution in [0.3, 0.4) is 0 Å². The zero-order chi connectivity index (χ0) is 22.4. The van der Waals surface area contributed by atoms with Gasteiger partial charge >= 0.3 is 6.03 Å². The third-order valence-corrected chi connectivity index (χ3v) is 7.56. The Morgan fingerprint density at radius 3 is 2.32 bits per heavy atom. The van der Waals surface area contributed by atoms with Crippen LogP contribution < -0.4 is 16.8 Å². The second-order valence-electron chi connectivity index (χ2n) is 7.14. The van der Waals surface area contributed by atoms with E-state index in [0.29, 0.717) is 17.3 Å². The van der Waals surface area contributed by atoms with Crippen LogP contribution in [0, 0.1) is 11.6 Å². The van der Waals surface area contributed by atoms with E-state index < -0.39 is 37.1 Å². The van der Waals surface area contributed by atoms with Crippen molar-refractivity contribution in [2.75, 3.05) is 11.1 Å². The van der Waals surface area contributed by atoms with Crippen molar-refractivity contribution >= 4 is 27.4 Å². The average molecular weight is 445 g/mol. The first-order valence-corrected chi connectivity index (χ1v) is 10.6. The first-order valence-electron chi connectivity index (χ1n) is 9.14. The zero-order valence-electron chi connectivity index (χ0n) is 16.0. The van der Waals surface area contributed by atoms with Crippen molar-refractivity contribution in [3.63, 3.8) is 0 Å². The fourth-order valence-corrected chi connectivity index (χ4v) is 5.38. The summed E-state index contributed by atoms with van der Waals surface area (Å²) in [6.07, 6.45) is 0.366. The van der Waals surface area contributed by atoms with Crippen molar-refractivity contribution in [3.05, 3.63) is 65.9 Å². The van der Waals surface area contributed by atoms with Gasteiger partial charge in [-0.3, -0.25) is 0 Å². The number of sulfone groups is 1. The monoisotopic (exact) mass is 445 g/mol. The summed E-state index contributed by atoms with van der Waals surface area (Å²) in [7, 11) is -4.29. The number of benzene rings is 2. The molecule has 2 aromatic carbocycles. The topological polar surface area (TPSA) is 141 Å². The van der Waals surface area contributed by atoms with Gasteiger partial charge < -0.3 is 16.8 Å². The first kappa shape index (κ1) is 20.7. The van der Waals surface area contributed by atoms with Gasteiger partial charge in [0.1, 0.15) is 27.1 Å². The Hall–Kier alpha value is -3.60. The number of anilines is 2. The second kappa shape index (κ2) is 7.27. The van der Waals surface area contributed by atoms with Gasteiger partial charge in [0.2, 0.25) is 0 Å². The third-order valence-electron chi connectivity index (χ3n) is 5.02. The quantitative estimate of drug-likeness (QED) is 0.551. The van der Waals surface area contributed by atoms with Crippen LogP contribution in [0.1, 0.15) is 18.5 Å². The second-order valence-corrected chi connectivity index (χ2v) is 9.37. The molecule has 1 heterocycles. The Kier molecular flexibility index (Phi) is 4.85. The summed E-state index contributed by atoms with van der Waals surface area (Å²) in [5.74, 6) is -1.71. The van der Waals surface area contributed by atoms with E-state index in [1.807, 2.05) is 0 Å². The molecule has 11 heteroatoms. The average Bonchev–Trinajstić information content (AvgIpc) is 3.52. The Morgan fingerprint density at radius 2 is 1.71 bits per heavy atom. The van der Waals surface area contributed by atoms with Crippen LogP contribution in [-0.4, -0.2) is 24.4 Å². The Bertz CT molecular complexity index is 1290. The molecule has 0 saturated heterocycles. The number of nitrogen functional groups attached to an aromatic ring is 1. The number of halogens is 2. The van der Waals surface area contributed by atoms with E-state index >= 15 is 0 Å². The van der Waals surface area contributed by atoms with Gasteiger partial charge in [-0.2, -0.15) is 0 Å². The van der Waals surface area contributed by atoms with Gasteiger partial charge in [-0.15, -0.1) is 0 Å². The van der Waals surface area contributed by atoms with Crippen LogP contribution in [0.2, 0.25) is 0 Å². The fraction of sp³-hybridized carbons (Fsp3) is 0.150. The minimum absolute atomic E-state index is 0.0283. The molecule has 0 atom stereocenters. The number of aromatic nitrogens is 2. The molecular formula is C20H17F2N5O3S. The lowest BCUT2D eigenvalue weighted by molar-refractivity contribution is 0.259. The SMILES string of the molecule is NC(=O)Nc1ccc(-c2nc(N)cc(C3(S(=O)(=O)c4cc(F)ccc4F)CC3)n2)cc1. The van der Waals surface area contributed by atoms with E-state index in [1.54, 1.807) is 24.3 Å². The summed E-state index contributed by atoms with van der Waals surface area (Å²) in [6.45, 7) is 0. The smallest absolute Gasteiger partial charge is 0.316 e. The normalized spacial score (nSPS) is 14.8. The van der Waals surface area contributed by atoms with E-state index in [4.69, 9.17) is 11.5 Å². The number of rotatable bonds is 5. The molecule has 0 bridgehead atoms. The minimum Gasteiger partial charge on any atom is -0.384 e. The van der Waals surface area contributed by atoms with Gasteiger partial charge in [0, 0.05) is 17.3 Å². The summed E-state index contributed by atoms with van der Waals surface area (Å²) in [4.78, 5) is 18.8. The Balaban J connectivity index is 1.76. The van der Waals surface area contributed by atoms with Crippen LogP contribution >= 0.6 is 0 Å². The number of hydrogen-bond acceptors (Lipinski definition) is 6. The van der Waals surface area contributed by atoms with Crippen molar-refractivity contribution in [1.29, 1.82) is 0 Å². The van der Waals surface area contributed by atoms with Gasteiger partial charge in [-0.25, -0.2) is 32.0 Å². The maximum atomic E-state index is 14.2. The van der Waals surface area contributed by atoms with Crippen molar-refractivity contribution < 1.29 is 22.0 Å². The van der Waals surface area contributed by atoms with Crippen LogP contribution in [0.25, 0.3) is 11.4 Å². The number of nitrogens with zero attached hydrogens (tertiary/aromatic N) is 2. The predicted octanol–water partition coefficient (Wildman–Crippen LogP) is 2.96. The lowest BCUT2D eigenvalue weighted by atomic mass is 10.1. The van der Waals surface area contributed by atoms with Crippen LogP contribution in [0.15, 0.2) is 53.4 Å². The maximum absolute atomic E-state index is 14.2. The van der Waals surface area contributed by atoms with Crippen LogP contribution in [0.4, 0.5) is 25.1 Å². The number of hydrogen-bond donors (Lipinski definition) is 3. The molecule has 4 rings (SSSR count). The number of primary amides is 1. The highest BCUT2D eigenvalue weighted by Gasteiger charge is 2.58. The Morgan fingerprint density at radius 1 is 1.03 bits per heavy atom. The summed E-state index contributed by atoms with van der Waals surface area (Å²) < 4.78 is 52.8. The van der Waals surface area contributed by atoms with Crippen molar-refractivity contribution in [2.24, 2.45) is 5.73 Å². The molecule has 31 heavy (non-hydrogen) atoms. The summed E-state index contributed by atoms with van der Waals surface area (Å²) >= 11 is 0. The molecule has 1 saturated carbocycles. The number of carbonyl (C=O) groups excluding carboxylic acids is 1. The molecule has 3 aromatic rings. The first-order chi connectivity index (χ1) is 14.6. The lowest BCUT2D eigenvalue weighted by Gasteiger charge is -2.18. The molecule has 0 unspecified atom stereocenters. The lowest BCUT2D eigenvalue weighted by Crippen LogP contribution is -2.24. The molecule has 0 radical (unpaired) electrons. The summed E-state index contributed by atoms with van der Waals surface area (Å²) in [5, 5.41) is 2.42. The molecule has 0 spiro atoms. The molecule has 1 aliphatic rings. The molecular weight excluding hydrogens is 428 g/mol. The fourth-order valence-electron chi connectivity index (χ4n) is 3.34. The molecule has 5 N–H and O–H groups in total. The van der Waals surface area contributed by atoms with Crippen molar-refractivity contribution in [3.8, 4) is 11.4 Å². The molecule has 1 aromatic heterocycles. The minimum atomic E-state index is -4.29. The van der Waals surface area contributed by atoms with Crippen molar-refractivity contribution in [1.82, 2.24) is 9.97 Å². The summed E-state index contributed by atoms with van der Waals surface area (Å²) in [5.41, 5.74) is 12.0. The molecule has 0 aliphatic heterocycles. The van der Waals surface area contributed by atoms with E-state index in [0.717, 1.165) is 12.1 Å². The van der Waals surface area contributed by atoms with E-state index in [-0.39, 0.29) is 30.2 Å². The Labute approximate surface area is 176 Å².